The molecule has 36 heavy (non-hydrogen) atoms. The van der Waals surface area contributed by atoms with Crippen LogP contribution < -0.4 is 20.3 Å². The third kappa shape index (κ3) is 4.62. The van der Waals surface area contributed by atoms with Crippen LogP contribution in [0.4, 0.5) is 0 Å². The molecule has 7 nitrogen and oxygen atoms in total. The topological polar surface area (TPSA) is 93.3 Å². The van der Waals surface area contributed by atoms with Crippen molar-refractivity contribution in [2.45, 2.75) is 71.9 Å². The van der Waals surface area contributed by atoms with E-state index in [-0.39, 0.29) is 29.5 Å². The molecule has 1 aliphatic carbocycles. The van der Waals surface area contributed by atoms with E-state index in [1.165, 1.54) is 0 Å². The van der Waals surface area contributed by atoms with Crippen LogP contribution in [0, 0.1) is 13.8 Å². The van der Waals surface area contributed by atoms with Crippen molar-refractivity contribution >= 4 is 5.91 Å². The van der Waals surface area contributed by atoms with E-state index in [2.05, 4.69) is 22.2 Å². The largest absolute Gasteiger partial charge is 0.486 e. The Morgan fingerprint density at radius 3 is 2.69 bits per heavy atom. The zero-order chi connectivity index (χ0) is 26.0. The van der Waals surface area contributed by atoms with E-state index in [1.54, 1.807) is 19.4 Å². The lowest BCUT2D eigenvalue weighted by Crippen LogP contribution is -2.29. The minimum Gasteiger partial charge on any atom is -0.486 e. The van der Waals surface area contributed by atoms with E-state index < -0.39 is 0 Å². The quantitative estimate of drug-likeness (QED) is 0.498. The van der Waals surface area contributed by atoms with Gasteiger partial charge in [0.2, 0.25) is 5.88 Å². The first kappa shape index (κ1) is 25.5. The number of amides is 1. The van der Waals surface area contributed by atoms with Crippen LogP contribution in [0.2, 0.25) is 0 Å². The number of hydrogen-bond acceptors (Lipinski definition) is 5. The summed E-state index contributed by atoms with van der Waals surface area (Å²) in [4.78, 5) is 32.8. The van der Waals surface area contributed by atoms with Gasteiger partial charge in [-0.2, -0.15) is 0 Å². The zero-order valence-electron chi connectivity index (χ0n) is 22.0. The SMILES string of the molecule is CC.COc1ccc(-c2cc(C(=O)NCc3c(C)cc(C)[nH]c3=O)cc3c2OC2(C)CCCC32)cn1. The second-order valence-corrected chi connectivity index (χ2v) is 9.52. The molecule has 190 valence electrons. The van der Waals surface area contributed by atoms with Crippen LogP contribution in [0.3, 0.4) is 0 Å². The maximum Gasteiger partial charge on any atom is 0.253 e. The van der Waals surface area contributed by atoms with Crippen molar-refractivity contribution in [1.82, 2.24) is 15.3 Å². The van der Waals surface area contributed by atoms with Gasteiger partial charge < -0.3 is 19.8 Å². The lowest BCUT2D eigenvalue weighted by molar-refractivity contribution is 0.0950. The van der Waals surface area contributed by atoms with Crippen LogP contribution in [-0.4, -0.2) is 28.6 Å². The number of nitrogens with zero attached hydrogens (tertiary/aromatic N) is 1. The molecule has 1 aromatic carbocycles. The Kier molecular flexibility index (Phi) is 7.20. The number of ether oxygens (including phenoxy) is 2. The van der Waals surface area contributed by atoms with Crippen LogP contribution in [0.1, 0.15) is 78.7 Å². The Morgan fingerprint density at radius 1 is 1.25 bits per heavy atom. The molecule has 2 atom stereocenters. The van der Waals surface area contributed by atoms with E-state index in [9.17, 15) is 9.59 Å². The first-order chi connectivity index (χ1) is 17.3. The number of rotatable bonds is 5. The van der Waals surface area contributed by atoms with Crippen molar-refractivity contribution < 1.29 is 14.3 Å². The molecule has 2 aliphatic rings. The summed E-state index contributed by atoms with van der Waals surface area (Å²) in [5.74, 6) is 1.39. The highest BCUT2D eigenvalue weighted by Crippen LogP contribution is 2.56. The Hall–Kier alpha value is -3.61. The van der Waals surface area contributed by atoms with Crippen molar-refractivity contribution in [3.8, 4) is 22.8 Å². The number of aromatic amines is 1. The first-order valence-corrected chi connectivity index (χ1v) is 12.6. The molecule has 3 heterocycles. The van der Waals surface area contributed by atoms with Crippen molar-refractivity contribution in [3.05, 3.63) is 74.8 Å². The molecule has 7 heteroatoms. The zero-order valence-corrected chi connectivity index (χ0v) is 22.0. The van der Waals surface area contributed by atoms with Crippen molar-refractivity contribution in [3.63, 3.8) is 0 Å². The Bertz CT molecular complexity index is 1330. The van der Waals surface area contributed by atoms with E-state index in [1.807, 2.05) is 52.0 Å². The summed E-state index contributed by atoms with van der Waals surface area (Å²) < 4.78 is 11.7. The maximum atomic E-state index is 13.3. The fourth-order valence-electron chi connectivity index (χ4n) is 5.38. The molecule has 0 saturated heterocycles. The van der Waals surface area contributed by atoms with Gasteiger partial charge in [0, 0.05) is 58.2 Å². The van der Waals surface area contributed by atoms with Gasteiger partial charge in [-0.3, -0.25) is 9.59 Å². The summed E-state index contributed by atoms with van der Waals surface area (Å²) in [5.41, 5.74) is 5.12. The summed E-state index contributed by atoms with van der Waals surface area (Å²) in [6, 6.07) is 9.45. The molecule has 2 unspecified atom stereocenters. The second-order valence-electron chi connectivity index (χ2n) is 9.52. The average Bonchev–Trinajstić information content (AvgIpc) is 3.38. The summed E-state index contributed by atoms with van der Waals surface area (Å²) in [6.45, 7) is 10.0. The number of nitrogens with one attached hydrogen (secondary N) is 2. The molecular formula is C29H35N3O4. The van der Waals surface area contributed by atoms with Crippen LogP contribution >= 0.6 is 0 Å². The summed E-state index contributed by atoms with van der Waals surface area (Å²) in [7, 11) is 1.58. The monoisotopic (exact) mass is 489 g/mol. The molecule has 2 aromatic heterocycles. The Morgan fingerprint density at radius 2 is 2.03 bits per heavy atom. The van der Waals surface area contributed by atoms with Gasteiger partial charge in [-0.25, -0.2) is 4.98 Å². The molecule has 1 saturated carbocycles. The number of aromatic nitrogens is 2. The smallest absolute Gasteiger partial charge is 0.253 e. The van der Waals surface area contributed by atoms with Gasteiger partial charge in [0.05, 0.1) is 7.11 Å². The molecule has 1 aliphatic heterocycles. The molecule has 0 bridgehead atoms. The maximum absolute atomic E-state index is 13.3. The van der Waals surface area contributed by atoms with Gasteiger partial charge in [-0.1, -0.05) is 13.8 Å². The first-order valence-electron chi connectivity index (χ1n) is 12.6. The molecule has 3 aromatic rings. The Balaban J connectivity index is 0.00000148. The number of aryl methyl sites for hydroxylation is 2. The number of benzene rings is 1. The fourth-order valence-corrected chi connectivity index (χ4v) is 5.38. The van der Waals surface area contributed by atoms with Gasteiger partial charge in [0.1, 0.15) is 11.4 Å². The molecule has 2 N–H and O–H groups in total. The summed E-state index contributed by atoms with van der Waals surface area (Å²) in [6.07, 6.45) is 4.87. The number of carbonyl (C=O) groups is 1. The van der Waals surface area contributed by atoms with Crippen LogP contribution in [0.15, 0.2) is 41.3 Å². The van der Waals surface area contributed by atoms with Gasteiger partial charge in [0.25, 0.3) is 11.5 Å². The van der Waals surface area contributed by atoms with Gasteiger partial charge >= 0.3 is 0 Å². The number of pyridine rings is 2. The molecule has 1 amide bonds. The third-order valence-electron chi connectivity index (χ3n) is 7.17. The van der Waals surface area contributed by atoms with Crippen LogP contribution in [-0.2, 0) is 6.54 Å². The number of hydrogen-bond donors (Lipinski definition) is 2. The highest BCUT2D eigenvalue weighted by Gasteiger charge is 2.49. The number of fused-ring (bicyclic) bond motifs is 3. The van der Waals surface area contributed by atoms with Crippen LogP contribution in [0.5, 0.6) is 11.6 Å². The summed E-state index contributed by atoms with van der Waals surface area (Å²) in [5, 5.41) is 2.94. The lowest BCUT2D eigenvalue weighted by atomic mass is 9.86. The molecule has 0 spiro atoms. The molecule has 1 fully saturated rings. The van der Waals surface area contributed by atoms with Crippen molar-refractivity contribution in [2.75, 3.05) is 7.11 Å². The second kappa shape index (κ2) is 10.2. The van der Waals surface area contributed by atoms with E-state index >= 15 is 0 Å². The molecule has 0 radical (unpaired) electrons. The van der Waals surface area contributed by atoms with Crippen molar-refractivity contribution in [2.24, 2.45) is 0 Å². The fraction of sp³-hybridized carbons (Fsp3) is 0.414. The van der Waals surface area contributed by atoms with Gasteiger partial charge in [-0.05, 0) is 69.9 Å². The third-order valence-corrected chi connectivity index (χ3v) is 7.17. The van der Waals surface area contributed by atoms with E-state index in [0.717, 1.165) is 53.0 Å². The number of carbonyl (C=O) groups excluding carboxylic acids is 1. The summed E-state index contributed by atoms with van der Waals surface area (Å²) >= 11 is 0. The predicted molar refractivity (Wildman–Crippen MR) is 141 cm³/mol. The van der Waals surface area contributed by atoms with Gasteiger partial charge in [0.15, 0.2) is 0 Å². The van der Waals surface area contributed by atoms with Crippen molar-refractivity contribution in [1.29, 1.82) is 0 Å². The Labute approximate surface area is 212 Å². The normalized spacial score (nSPS) is 19.4. The molecule has 5 rings (SSSR count). The molecular weight excluding hydrogens is 454 g/mol. The minimum atomic E-state index is -0.252. The highest BCUT2D eigenvalue weighted by atomic mass is 16.5. The van der Waals surface area contributed by atoms with Gasteiger partial charge in [-0.15, -0.1) is 0 Å². The standard InChI is InChI=1S/C27H29N3O4.C2H6/c1-15-10-16(2)30-26(32)21(15)14-29-25(31)18-11-19(17-7-8-23(33-4)28-13-17)24-20(12-18)22-6-5-9-27(22,3)34-24;1-2/h7-8,10-13,22H,5-6,9,14H2,1-4H3,(H,29,31)(H,30,32);1-2H3. The highest BCUT2D eigenvalue weighted by molar-refractivity contribution is 5.97. The number of methoxy groups -OCH3 is 1. The lowest BCUT2D eigenvalue weighted by Gasteiger charge is -2.23. The predicted octanol–water partition coefficient (Wildman–Crippen LogP) is 5.44. The number of H-pyrrole nitrogens is 1. The van der Waals surface area contributed by atoms with Crippen LogP contribution in [0.25, 0.3) is 11.1 Å². The van der Waals surface area contributed by atoms with E-state index in [4.69, 9.17) is 9.47 Å². The van der Waals surface area contributed by atoms with E-state index in [0.29, 0.717) is 17.0 Å². The minimum absolute atomic E-state index is 0.161. The average molecular weight is 490 g/mol.